The summed E-state index contributed by atoms with van der Waals surface area (Å²) in [6.45, 7) is 1.65. The Labute approximate surface area is 91.4 Å². The fourth-order valence-electron chi connectivity index (χ4n) is 1.36. The third kappa shape index (κ3) is 1.86. The number of nitrogens with two attached hydrogens (primary N) is 1. The number of hydrogen-bond donors (Lipinski definition) is 2. The molecule has 2 aromatic rings. The van der Waals surface area contributed by atoms with Crippen molar-refractivity contribution in [2.24, 2.45) is 5.73 Å². The maximum Gasteiger partial charge on any atom is 0.195 e. The summed E-state index contributed by atoms with van der Waals surface area (Å²) in [7, 11) is 0. The largest absolute Gasteiger partial charge is 0.351 e. The van der Waals surface area contributed by atoms with Gasteiger partial charge in [-0.25, -0.2) is 0 Å². The first-order chi connectivity index (χ1) is 7.08. The van der Waals surface area contributed by atoms with Crippen LogP contribution in [0.3, 0.4) is 0 Å². The standard InChI is InChI=1S/C10H10ClN3O/c1-5(12)10(15)9-3-7-8(14-9)2-6(11)4-13-7/h2-5,14H,12H2,1H3. The topological polar surface area (TPSA) is 71.8 Å². The van der Waals surface area contributed by atoms with Crippen molar-refractivity contribution >= 4 is 28.4 Å². The number of pyridine rings is 1. The second-order valence-corrected chi connectivity index (χ2v) is 3.86. The molecule has 2 aromatic heterocycles. The van der Waals surface area contributed by atoms with Crippen molar-refractivity contribution in [1.82, 2.24) is 9.97 Å². The van der Waals surface area contributed by atoms with Gasteiger partial charge in [0.2, 0.25) is 0 Å². The lowest BCUT2D eigenvalue weighted by molar-refractivity contribution is 0.0964. The quantitative estimate of drug-likeness (QED) is 0.762. The minimum atomic E-state index is -0.520. The van der Waals surface area contributed by atoms with E-state index in [2.05, 4.69) is 9.97 Å². The van der Waals surface area contributed by atoms with E-state index in [0.29, 0.717) is 16.2 Å². The number of aromatic amines is 1. The van der Waals surface area contributed by atoms with Crippen molar-refractivity contribution in [3.63, 3.8) is 0 Å². The van der Waals surface area contributed by atoms with E-state index in [1.54, 1.807) is 19.1 Å². The molecule has 0 aliphatic rings. The number of aromatic nitrogens is 2. The Kier molecular flexibility index (Phi) is 2.46. The van der Waals surface area contributed by atoms with Crippen molar-refractivity contribution in [2.45, 2.75) is 13.0 Å². The van der Waals surface area contributed by atoms with E-state index in [-0.39, 0.29) is 5.78 Å². The fourth-order valence-corrected chi connectivity index (χ4v) is 1.52. The number of hydrogen-bond acceptors (Lipinski definition) is 3. The van der Waals surface area contributed by atoms with Crippen molar-refractivity contribution < 1.29 is 4.79 Å². The highest BCUT2D eigenvalue weighted by Gasteiger charge is 2.13. The first kappa shape index (κ1) is 10.1. The monoisotopic (exact) mass is 223 g/mol. The Morgan fingerprint density at radius 3 is 3.00 bits per heavy atom. The molecule has 5 heteroatoms. The predicted octanol–water partition coefficient (Wildman–Crippen LogP) is 1.75. The maximum atomic E-state index is 11.6. The average molecular weight is 224 g/mol. The number of rotatable bonds is 2. The normalized spacial score (nSPS) is 13.0. The molecule has 78 valence electrons. The van der Waals surface area contributed by atoms with Crippen LogP contribution in [-0.2, 0) is 0 Å². The van der Waals surface area contributed by atoms with Crippen LogP contribution in [0.4, 0.5) is 0 Å². The van der Waals surface area contributed by atoms with Gasteiger partial charge < -0.3 is 10.7 Å². The molecule has 2 rings (SSSR count). The summed E-state index contributed by atoms with van der Waals surface area (Å²) in [5, 5.41) is 0.532. The Balaban J connectivity index is 2.52. The van der Waals surface area contributed by atoms with Crippen LogP contribution in [0.2, 0.25) is 5.02 Å². The third-order valence-corrected chi connectivity index (χ3v) is 2.32. The second-order valence-electron chi connectivity index (χ2n) is 3.42. The summed E-state index contributed by atoms with van der Waals surface area (Å²) >= 11 is 5.78. The van der Waals surface area contributed by atoms with E-state index in [1.165, 1.54) is 6.20 Å². The lowest BCUT2D eigenvalue weighted by atomic mass is 10.2. The number of nitrogens with one attached hydrogen (secondary N) is 1. The molecule has 0 amide bonds. The number of nitrogens with zero attached hydrogens (tertiary/aromatic N) is 1. The van der Waals surface area contributed by atoms with Gasteiger partial charge in [0.05, 0.1) is 27.8 Å². The number of carbonyl (C=O) groups excluding carboxylic acids is 1. The Morgan fingerprint density at radius 1 is 1.60 bits per heavy atom. The van der Waals surface area contributed by atoms with E-state index >= 15 is 0 Å². The van der Waals surface area contributed by atoms with E-state index in [9.17, 15) is 4.79 Å². The summed E-state index contributed by atoms with van der Waals surface area (Å²) in [5.41, 5.74) is 7.42. The van der Waals surface area contributed by atoms with Crippen molar-refractivity contribution in [1.29, 1.82) is 0 Å². The zero-order chi connectivity index (χ0) is 11.0. The molecule has 2 heterocycles. The summed E-state index contributed by atoms with van der Waals surface area (Å²) < 4.78 is 0. The van der Waals surface area contributed by atoms with Crippen molar-refractivity contribution in [2.75, 3.05) is 0 Å². The van der Waals surface area contributed by atoms with Gasteiger partial charge in [-0.05, 0) is 19.1 Å². The Morgan fingerprint density at radius 2 is 2.33 bits per heavy atom. The van der Waals surface area contributed by atoms with Gasteiger partial charge in [-0.2, -0.15) is 0 Å². The molecule has 0 spiro atoms. The van der Waals surface area contributed by atoms with Gasteiger partial charge in [0, 0.05) is 6.20 Å². The van der Waals surface area contributed by atoms with E-state index in [0.717, 1.165) is 5.52 Å². The minimum Gasteiger partial charge on any atom is -0.351 e. The number of H-pyrrole nitrogens is 1. The van der Waals surface area contributed by atoms with Crippen LogP contribution in [0, 0.1) is 0 Å². The minimum absolute atomic E-state index is 0.135. The highest BCUT2D eigenvalue weighted by atomic mass is 35.5. The number of fused-ring (bicyclic) bond motifs is 1. The summed E-state index contributed by atoms with van der Waals surface area (Å²) in [6.07, 6.45) is 1.54. The van der Waals surface area contributed by atoms with Gasteiger partial charge >= 0.3 is 0 Å². The average Bonchev–Trinajstić information content (AvgIpc) is 2.58. The van der Waals surface area contributed by atoms with Crippen molar-refractivity contribution in [3.05, 3.63) is 29.0 Å². The van der Waals surface area contributed by atoms with Crippen LogP contribution in [0.1, 0.15) is 17.4 Å². The Bertz CT molecular complexity index is 518. The maximum absolute atomic E-state index is 11.6. The highest BCUT2D eigenvalue weighted by molar-refractivity contribution is 6.31. The zero-order valence-corrected chi connectivity index (χ0v) is 8.88. The van der Waals surface area contributed by atoms with Crippen LogP contribution in [0.5, 0.6) is 0 Å². The smallest absolute Gasteiger partial charge is 0.195 e. The fraction of sp³-hybridized carbons (Fsp3) is 0.200. The van der Waals surface area contributed by atoms with Gasteiger partial charge in [0.25, 0.3) is 0 Å². The lowest BCUT2D eigenvalue weighted by Gasteiger charge is -1.99. The molecule has 1 unspecified atom stereocenters. The van der Waals surface area contributed by atoms with Gasteiger partial charge in [-0.1, -0.05) is 11.6 Å². The SMILES string of the molecule is CC(N)C(=O)c1cc2ncc(Cl)cc2[nH]1. The van der Waals surface area contributed by atoms with Gasteiger partial charge in [-0.15, -0.1) is 0 Å². The van der Waals surface area contributed by atoms with E-state index in [1.807, 2.05) is 0 Å². The molecule has 0 aromatic carbocycles. The summed E-state index contributed by atoms with van der Waals surface area (Å²) in [4.78, 5) is 18.6. The molecule has 1 atom stereocenters. The van der Waals surface area contributed by atoms with Crippen LogP contribution < -0.4 is 5.73 Å². The molecular weight excluding hydrogens is 214 g/mol. The van der Waals surface area contributed by atoms with Crippen LogP contribution in [0.25, 0.3) is 11.0 Å². The third-order valence-electron chi connectivity index (χ3n) is 2.11. The van der Waals surface area contributed by atoms with E-state index < -0.39 is 6.04 Å². The molecule has 0 bridgehead atoms. The van der Waals surface area contributed by atoms with E-state index in [4.69, 9.17) is 17.3 Å². The van der Waals surface area contributed by atoms with Gasteiger partial charge in [0.15, 0.2) is 5.78 Å². The number of Topliss-reactive ketones (excluding diaryl/α,β-unsaturated/α-hetero) is 1. The zero-order valence-electron chi connectivity index (χ0n) is 8.12. The number of carbonyl (C=O) groups is 1. The van der Waals surface area contributed by atoms with Crippen LogP contribution in [0.15, 0.2) is 18.3 Å². The van der Waals surface area contributed by atoms with Crippen molar-refractivity contribution in [3.8, 4) is 0 Å². The highest BCUT2D eigenvalue weighted by Crippen LogP contribution is 2.17. The number of ketones is 1. The van der Waals surface area contributed by atoms with Crippen LogP contribution in [-0.4, -0.2) is 21.8 Å². The molecule has 0 radical (unpaired) electrons. The number of halogens is 1. The summed E-state index contributed by atoms with van der Waals surface area (Å²) in [5.74, 6) is -0.135. The summed E-state index contributed by atoms with van der Waals surface area (Å²) in [6, 6.07) is 2.88. The van der Waals surface area contributed by atoms with Gasteiger partial charge in [0.1, 0.15) is 0 Å². The predicted molar refractivity (Wildman–Crippen MR) is 59.1 cm³/mol. The molecule has 0 aliphatic heterocycles. The molecule has 0 saturated carbocycles. The lowest BCUT2D eigenvalue weighted by Crippen LogP contribution is -2.26. The first-order valence-corrected chi connectivity index (χ1v) is 4.90. The van der Waals surface area contributed by atoms with Gasteiger partial charge in [-0.3, -0.25) is 9.78 Å². The first-order valence-electron chi connectivity index (χ1n) is 4.52. The molecule has 4 nitrogen and oxygen atoms in total. The molecule has 0 aliphatic carbocycles. The van der Waals surface area contributed by atoms with Crippen LogP contribution >= 0.6 is 11.6 Å². The molecule has 3 N–H and O–H groups in total. The molecule has 15 heavy (non-hydrogen) atoms. The molecule has 0 fully saturated rings. The Hall–Kier alpha value is -1.39. The second kappa shape index (κ2) is 3.64. The molecular formula is C10H10ClN3O. The molecule has 0 saturated heterocycles.